The maximum absolute atomic E-state index is 12.6. The molecule has 1 aromatic heterocycles. The third kappa shape index (κ3) is 3.58. The van der Waals surface area contributed by atoms with Crippen molar-refractivity contribution in [3.8, 4) is 11.5 Å². The van der Waals surface area contributed by atoms with Crippen LogP contribution in [0.2, 0.25) is 0 Å². The molecule has 4 rings (SSSR count). The van der Waals surface area contributed by atoms with E-state index in [2.05, 4.69) is 26.0 Å². The molecule has 2 heterocycles. The van der Waals surface area contributed by atoms with Gasteiger partial charge < -0.3 is 10.1 Å². The number of benzene rings is 2. The number of carbonyl (C=O) groups is 1. The van der Waals surface area contributed by atoms with Crippen molar-refractivity contribution in [2.75, 3.05) is 10.0 Å². The number of sulfonamides is 1. The molecule has 0 fully saturated rings. The maximum atomic E-state index is 12.6. The lowest BCUT2D eigenvalue weighted by Crippen LogP contribution is -2.14. The summed E-state index contributed by atoms with van der Waals surface area (Å²) >= 11 is 4.35. The first-order valence-electron chi connectivity index (χ1n) is 7.84. The lowest BCUT2D eigenvalue weighted by atomic mass is 10.1. The summed E-state index contributed by atoms with van der Waals surface area (Å²) in [7, 11) is -3.74. The Morgan fingerprint density at radius 2 is 1.85 bits per heavy atom. The minimum absolute atomic E-state index is 0.174. The van der Waals surface area contributed by atoms with Crippen LogP contribution in [0.5, 0.6) is 11.5 Å². The molecule has 0 radical (unpaired) electrons. The van der Waals surface area contributed by atoms with Gasteiger partial charge in [0.25, 0.3) is 15.9 Å². The number of amides is 1. The Balaban J connectivity index is 1.68. The van der Waals surface area contributed by atoms with E-state index in [1.807, 2.05) is 19.1 Å². The second-order valence-electron chi connectivity index (χ2n) is 5.93. The molecule has 9 heteroatoms. The lowest BCUT2D eigenvalue weighted by Gasteiger charge is -2.10. The summed E-state index contributed by atoms with van der Waals surface area (Å²) in [6.07, 6.45) is 0. The molecule has 27 heavy (non-hydrogen) atoms. The molecule has 0 saturated heterocycles. The third-order valence-electron chi connectivity index (χ3n) is 3.89. The van der Waals surface area contributed by atoms with Crippen LogP contribution in [0.15, 0.2) is 56.5 Å². The van der Waals surface area contributed by atoms with Crippen LogP contribution in [0.25, 0.3) is 0 Å². The number of hydrogen-bond acceptors (Lipinski definition) is 5. The second kappa shape index (κ2) is 6.66. The number of thiophene rings is 1. The number of hydrogen-bond donors (Lipinski definition) is 2. The van der Waals surface area contributed by atoms with E-state index in [1.54, 1.807) is 24.3 Å². The first kappa shape index (κ1) is 18.0. The number of aryl methyl sites for hydroxylation is 1. The molecule has 6 nitrogen and oxygen atoms in total. The zero-order valence-corrected chi connectivity index (χ0v) is 17.2. The molecule has 0 spiro atoms. The molecule has 0 unspecified atom stereocenters. The quantitative estimate of drug-likeness (QED) is 0.572. The van der Waals surface area contributed by atoms with Crippen molar-refractivity contribution >= 4 is 54.6 Å². The highest BCUT2D eigenvalue weighted by Gasteiger charge is 2.23. The van der Waals surface area contributed by atoms with E-state index in [-0.39, 0.29) is 21.4 Å². The molecule has 2 aromatic carbocycles. The zero-order valence-electron chi connectivity index (χ0n) is 13.9. The predicted octanol–water partition coefficient (Wildman–Crippen LogP) is 4.98. The minimum atomic E-state index is -3.74. The van der Waals surface area contributed by atoms with Crippen molar-refractivity contribution in [2.24, 2.45) is 0 Å². The Bertz CT molecular complexity index is 1170. The molecular weight excluding hydrogens is 452 g/mol. The summed E-state index contributed by atoms with van der Waals surface area (Å²) < 4.78 is 34.2. The van der Waals surface area contributed by atoms with Crippen LogP contribution in [0.3, 0.4) is 0 Å². The number of halogens is 1. The maximum Gasteiger partial charge on any atom is 0.271 e. The Kier molecular flexibility index (Phi) is 4.45. The standard InChI is InChI=1S/C18H13BrN2O4S2/c1-10-2-4-15-13(8-10)20-18(22)12-9-11(3-5-14(12)25-15)21-27(23,24)17-7-6-16(19)26-17/h2-9,21H,1H3,(H,20,22). The van der Waals surface area contributed by atoms with Crippen LogP contribution in [-0.4, -0.2) is 14.3 Å². The average Bonchev–Trinajstić information content (AvgIpc) is 3.00. The highest BCUT2D eigenvalue weighted by Crippen LogP contribution is 2.37. The Morgan fingerprint density at radius 1 is 1.07 bits per heavy atom. The fraction of sp³-hybridized carbons (Fsp3) is 0.0556. The smallest absolute Gasteiger partial charge is 0.271 e. The fourth-order valence-corrected chi connectivity index (χ4v) is 5.71. The van der Waals surface area contributed by atoms with Crippen LogP contribution in [0.4, 0.5) is 11.4 Å². The van der Waals surface area contributed by atoms with Crippen LogP contribution in [0.1, 0.15) is 15.9 Å². The summed E-state index contributed by atoms with van der Waals surface area (Å²) in [4.78, 5) is 12.6. The monoisotopic (exact) mass is 464 g/mol. The van der Waals surface area contributed by atoms with Crippen LogP contribution < -0.4 is 14.8 Å². The molecule has 1 amide bonds. The van der Waals surface area contributed by atoms with Crippen molar-refractivity contribution in [3.05, 3.63) is 63.4 Å². The Hall–Kier alpha value is -2.36. The van der Waals surface area contributed by atoms with E-state index in [4.69, 9.17) is 4.74 Å². The highest BCUT2D eigenvalue weighted by atomic mass is 79.9. The van der Waals surface area contributed by atoms with E-state index < -0.39 is 10.0 Å². The van der Waals surface area contributed by atoms with Gasteiger partial charge in [-0.3, -0.25) is 9.52 Å². The third-order valence-corrected chi connectivity index (χ3v) is 7.39. The first-order valence-corrected chi connectivity index (χ1v) is 10.9. The van der Waals surface area contributed by atoms with Crippen molar-refractivity contribution in [3.63, 3.8) is 0 Å². The van der Waals surface area contributed by atoms with Crippen LogP contribution in [0, 0.1) is 6.92 Å². The van der Waals surface area contributed by atoms with Gasteiger partial charge in [0.05, 0.1) is 15.0 Å². The van der Waals surface area contributed by atoms with Gasteiger partial charge in [0.1, 0.15) is 9.96 Å². The lowest BCUT2D eigenvalue weighted by molar-refractivity contribution is 0.102. The molecule has 138 valence electrons. The van der Waals surface area contributed by atoms with Crippen LogP contribution >= 0.6 is 27.3 Å². The summed E-state index contributed by atoms with van der Waals surface area (Å²) in [6.45, 7) is 1.92. The number of rotatable bonds is 3. The highest BCUT2D eigenvalue weighted by molar-refractivity contribution is 9.11. The van der Waals surface area contributed by atoms with Gasteiger partial charge >= 0.3 is 0 Å². The molecule has 2 N–H and O–H groups in total. The number of nitrogens with one attached hydrogen (secondary N) is 2. The van der Waals surface area contributed by atoms with Gasteiger partial charge in [-0.05, 0) is 70.9 Å². The van der Waals surface area contributed by atoms with Crippen molar-refractivity contribution in [2.45, 2.75) is 11.1 Å². The summed E-state index contributed by atoms with van der Waals surface area (Å²) in [5, 5.41) is 2.80. The molecule has 1 aliphatic heterocycles. The van der Waals surface area contributed by atoms with Gasteiger partial charge in [-0.25, -0.2) is 8.42 Å². The minimum Gasteiger partial charge on any atom is -0.454 e. The van der Waals surface area contributed by atoms with Crippen molar-refractivity contribution in [1.82, 2.24) is 0 Å². The second-order valence-corrected chi connectivity index (χ2v) is 10.3. The van der Waals surface area contributed by atoms with Gasteiger partial charge in [0.15, 0.2) is 5.75 Å². The van der Waals surface area contributed by atoms with Gasteiger partial charge in [-0.15, -0.1) is 11.3 Å². The molecular formula is C18H13BrN2O4S2. The average molecular weight is 465 g/mol. The van der Waals surface area contributed by atoms with Gasteiger partial charge in [-0.1, -0.05) is 6.07 Å². The number of carbonyl (C=O) groups excluding carboxylic acids is 1. The van der Waals surface area contributed by atoms with E-state index in [0.29, 0.717) is 21.0 Å². The first-order chi connectivity index (χ1) is 12.8. The summed E-state index contributed by atoms with van der Waals surface area (Å²) in [6, 6.07) is 13.3. The summed E-state index contributed by atoms with van der Waals surface area (Å²) in [5.74, 6) is 0.524. The normalized spacial score (nSPS) is 13.0. The molecule has 0 atom stereocenters. The molecule has 3 aromatic rings. The van der Waals surface area contributed by atoms with Gasteiger partial charge in [-0.2, -0.15) is 0 Å². The predicted molar refractivity (Wildman–Crippen MR) is 108 cm³/mol. The van der Waals surface area contributed by atoms with Crippen LogP contribution in [-0.2, 0) is 10.0 Å². The topological polar surface area (TPSA) is 84.5 Å². The van der Waals surface area contributed by atoms with E-state index in [1.165, 1.54) is 12.1 Å². The Morgan fingerprint density at radius 3 is 2.59 bits per heavy atom. The molecule has 1 aliphatic rings. The number of fused-ring (bicyclic) bond motifs is 2. The largest absolute Gasteiger partial charge is 0.454 e. The van der Waals surface area contributed by atoms with Crippen molar-refractivity contribution < 1.29 is 17.9 Å². The van der Waals surface area contributed by atoms with Gasteiger partial charge in [0.2, 0.25) is 0 Å². The number of ether oxygens (including phenoxy) is 1. The molecule has 0 aliphatic carbocycles. The summed E-state index contributed by atoms with van der Waals surface area (Å²) in [5.41, 5.74) is 2.08. The molecule has 0 bridgehead atoms. The molecule has 0 saturated carbocycles. The Labute approximate surface area is 168 Å². The van der Waals surface area contributed by atoms with E-state index in [9.17, 15) is 13.2 Å². The van der Waals surface area contributed by atoms with E-state index >= 15 is 0 Å². The zero-order chi connectivity index (χ0) is 19.2. The number of anilines is 2. The van der Waals surface area contributed by atoms with E-state index in [0.717, 1.165) is 16.9 Å². The van der Waals surface area contributed by atoms with Crippen molar-refractivity contribution in [1.29, 1.82) is 0 Å². The van der Waals surface area contributed by atoms with Gasteiger partial charge in [0, 0.05) is 5.69 Å². The fourth-order valence-electron chi connectivity index (χ4n) is 2.65. The SMILES string of the molecule is Cc1ccc2c(c1)NC(=O)c1cc(NS(=O)(=O)c3ccc(Br)s3)ccc1O2.